The number of fused-ring (bicyclic) bond motifs is 1. The van der Waals surface area contributed by atoms with Crippen molar-refractivity contribution in [3.63, 3.8) is 0 Å². The van der Waals surface area contributed by atoms with E-state index >= 15 is 0 Å². The Morgan fingerprint density at radius 1 is 1.19 bits per heavy atom. The minimum absolute atomic E-state index is 0.0873. The molecule has 136 valence electrons. The van der Waals surface area contributed by atoms with E-state index in [2.05, 4.69) is 20.3 Å². The van der Waals surface area contributed by atoms with Crippen molar-refractivity contribution in [3.05, 3.63) is 64.4 Å². The predicted octanol–water partition coefficient (Wildman–Crippen LogP) is 1.87. The average molecular weight is 381 g/mol. The van der Waals surface area contributed by atoms with Crippen LogP contribution in [0.2, 0.25) is 0 Å². The van der Waals surface area contributed by atoms with Gasteiger partial charge in [-0.2, -0.15) is 0 Å². The van der Waals surface area contributed by atoms with Gasteiger partial charge in [-0.1, -0.05) is 12.1 Å². The summed E-state index contributed by atoms with van der Waals surface area (Å²) in [4.78, 5) is 36.9. The van der Waals surface area contributed by atoms with Gasteiger partial charge in [-0.25, -0.2) is 19.7 Å². The van der Waals surface area contributed by atoms with Gasteiger partial charge in [-0.15, -0.1) is 11.3 Å². The van der Waals surface area contributed by atoms with E-state index in [4.69, 9.17) is 4.42 Å². The van der Waals surface area contributed by atoms with Crippen molar-refractivity contribution >= 4 is 28.3 Å². The SMILES string of the molecule is O=C(Cn1c(=O)oc2ccccc21)NCCc1csc(-c2ncccn2)n1. The number of hydrogen-bond donors (Lipinski definition) is 1. The Bertz CT molecular complexity index is 1130. The number of carbonyl (C=O) groups excluding carboxylic acids is 1. The van der Waals surface area contributed by atoms with E-state index in [9.17, 15) is 9.59 Å². The van der Waals surface area contributed by atoms with Crippen LogP contribution in [-0.4, -0.2) is 32.0 Å². The number of amides is 1. The first-order valence-corrected chi connectivity index (χ1v) is 9.15. The van der Waals surface area contributed by atoms with Crippen LogP contribution in [0.1, 0.15) is 5.69 Å². The number of benzene rings is 1. The molecule has 9 heteroatoms. The van der Waals surface area contributed by atoms with Crippen molar-refractivity contribution in [2.24, 2.45) is 0 Å². The molecule has 0 fully saturated rings. The Morgan fingerprint density at radius 2 is 2.00 bits per heavy atom. The highest BCUT2D eigenvalue weighted by Crippen LogP contribution is 2.19. The molecule has 4 aromatic rings. The first-order chi connectivity index (χ1) is 13.2. The minimum atomic E-state index is -0.543. The summed E-state index contributed by atoms with van der Waals surface area (Å²) in [5.74, 6) is -0.215. The summed E-state index contributed by atoms with van der Waals surface area (Å²) in [5.41, 5.74) is 1.92. The number of nitrogens with one attached hydrogen (secondary N) is 1. The molecule has 0 saturated carbocycles. The second-order valence-corrected chi connectivity index (χ2v) is 6.60. The molecule has 1 amide bonds. The maximum absolute atomic E-state index is 12.2. The number of carbonyl (C=O) groups is 1. The Morgan fingerprint density at radius 3 is 2.85 bits per heavy atom. The van der Waals surface area contributed by atoms with Gasteiger partial charge in [0.2, 0.25) is 5.91 Å². The van der Waals surface area contributed by atoms with Crippen molar-refractivity contribution in [1.82, 2.24) is 24.8 Å². The third kappa shape index (κ3) is 3.77. The Balaban J connectivity index is 1.34. The fourth-order valence-corrected chi connectivity index (χ4v) is 3.43. The number of hydrogen-bond acceptors (Lipinski definition) is 7. The van der Waals surface area contributed by atoms with E-state index in [0.717, 1.165) is 10.7 Å². The number of rotatable bonds is 6. The summed E-state index contributed by atoms with van der Waals surface area (Å²) in [5, 5.41) is 5.47. The van der Waals surface area contributed by atoms with Crippen LogP contribution in [-0.2, 0) is 17.8 Å². The van der Waals surface area contributed by atoms with Crippen molar-refractivity contribution in [2.45, 2.75) is 13.0 Å². The molecule has 0 bridgehead atoms. The average Bonchev–Trinajstić information content (AvgIpc) is 3.28. The Kier molecular flexibility index (Phi) is 4.75. The lowest BCUT2D eigenvalue weighted by atomic mass is 10.3. The fraction of sp³-hybridized carbons (Fsp3) is 0.167. The quantitative estimate of drug-likeness (QED) is 0.547. The molecule has 1 aromatic carbocycles. The summed E-state index contributed by atoms with van der Waals surface area (Å²) in [6.45, 7) is 0.332. The molecule has 0 atom stereocenters. The summed E-state index contributed by atoms with van der Waals surface area (Å²) in [7, 11) is 0. The zero-order valence-corrected chi connectivity index (χ0v) is 15.0. The lowest BCUT2D eigenvalue weighted by Crippen LogP contribution is -2.32. The predicted molar refractivity (Wildman–Crippen MR) is 100 cm³/mol. The van der Waals surface area contributed by atoms with Gasteiger partial charge in [0.15, 0.2) is 16.4 Å². The molecule has 3 heterocycles. The monoisotopic (exact) mass is 381 g/mol. The summed E-state index contributed by atoms with van der Waals surface area (Å²) in [6.07, 6.45) is 3.92. The van der Waals surface area contributed by atoms with Crippen molar-refractivity contribution in [3.8, 4) is 10.8 Å². The highest BCUT2D eigenvalue weighted by molar-refractivity contribution is 7.13. The second kappa shape index (κ2) is 7.50. The minimum Gasteiger partial charge on any atom is -0.408 e. The highest BCUT2D eigenvalue weighted by atomic mass is 32.1. The van der Waals surface area contributed by atoms with E-state index in [0.29, 0.717) is 29.9 Å². The van der Waals surface area contributed by atoms with Crippen LogP contribution < -0.4 is 11.1 Å². The molecule has 27 heavy (non-hydrogen) atoms. The van der Waals surface area contributed by atoms with E-state index in [1.807, 2.05) is 5.38 Å². The molecule has 0 aliphatic rings. The van der Waals surface area contributed by atoms with E-state index in [1.165, 1.54) is 15.9 Å². The molecule has 0 spiro atoms. The van der Waals surface area contributed by atoms with E-state index in [1.54, 1.807) is 42.7 Å². The van der Waals surface area contributed by atoms with E-state index in [-0.39, 0.29) is 12.5 Å². The Labute approximate surface area is 157 Å². The van der Waals surface area contributed by atoms with Gasteiger partial charge in [-0.3, -0.25) is 9.36 Å². The van der Waals surface area contributed by atoms with Crippen molar-refractivity contribution in [1.29, 1.82) is 0 Å². The molecule has 0 unspecified atom stereocenters. The van der Waals surface area contributed by atoms with Crippen LogP contribution in [0.3, 0.4) is 0 Å². The maximum Gasteiger partial charge on any atom is 0.420 e. The van der Waals surface area contributed by atoms with Crippen LogP contribution in [0.25, 0.3) is 21.9 Å². The highest BCUT2D eigenvalue weighted by Gasteiger charge is 2.12. The maximum atomic E-state index is 12.2. The molecular weight excluding hydrogens is 366 g/mol. The lowest BCUT2D eigenvalue weighted by Gasteiger charge is -2.04. The van der Waals surface area contributed by atoms with Gasteiger partial charge in [-0.05, 0) is 18.2 Å². The number of para-hydroxylation sites is 2. The van der Waals surface area contributed by atoms with Crippen LogP contribution in [0.4, 0.5) is 0 Å². The first kappa shape index (κ1) is 17.1. The number of thiazole rings is 1. The van der Waals surface area contributed by atoms with Gasteiger partial charge in [0.05, 0.1) is 11.2 Å². The van der Waals surface area contributed by atoms with Crippen LogP contribution in [0, 0.1) is 0 Å². The smallest absolute Gasteiger partial charge is 0.408 e. The molecule has 0 radical (unpaired) electrons. The molecule has 3 aromatic heterocycles. The molecular formula is C18H15N5O3S. The summed E-state index contributed by atoms with van der Waals surface area (Å²) in [6, 6.07) is 8.76. The van der Waals surface area contributed by atoms with Crippen LogP contribution >= 0.6 is 11.3 Å². The summed E-state index contributed by atoms with van der Waals surface area (Å²) >= 11 is 1.46. The molecule has 0 aliphatic carbocycles. The van der Waals surface area contributed by atoms with Crippen molar-refractivity contribution in [2.75, 3.05) is 6.54 Å². The molecule has 1 N–H and O–H groups in total. The lowest BCUT2D eigenvalue weighted by molar-refractivity contribution is -0.121. The number of oxazole rings is 1. The number of nitrogens with zero attached hydrogens (tertiary/aromatic N) is 4. The number of aromatic nitrogens is 4. The van der Waals surface area contributed by atoms with Gasteiger partial charge >= 0.3 is 5.76 Å². The summed E-state index contributed by atoms with van der Waals surface area (Å²) < 4.78 is 6.44. The van der Waals surface area contributed by atoms with Gasteiger partial charge in [0.1, 0.15) is 6.54 Å². The largest absolute Gasteiger partial charge is 0.420 e. The Hall–Kier alpha value is -3.33. The molecule has 0 saturated heterocycles. The van der Waals surface area contributed by atoms with Crippen molar-refractivity contribution < 1.29 is 9.21 Å². The zero-order chi connectivity index (χ0) is 18.6. The standard InChI is InChI=1S/C18H15N5O3S/c24-15(10-23-13-4-1-2-5-14(13)26-18(23)25)19-9-6-12-11-27-17(22-12)16-20-7-3-8-21-16/h1-5,7-8,11H,6,9-10H2,(H,19,24). The van der Waals surface area contributed by atoms with Gasteiger partial charge < -0.3 is 9.73 Å². The third-order valence-electron chi connectivity index (χ3n) is 3.89. The molecule has 4 rings (SSSR count). The topological polar surface area (TPSA) is 103 Å². The van der Waals surface area contributed by atoms with E-state index < -0.39 is 5.76 Å². The van der Waals surface area contributed by atoms with Crippen LogP contribution in [0.5, 0.6) is 0 Å². The first-order valence-electron chi connectivity index (χ1n) is 8.27. The molecule has 8 nitrogen and oxygen atoms in total. The van der Waals surface area contributed by atoms with Crippen LogP contribution in [0.15, 0.2) is 57.3 Å². The van der Waals surface area contributed by atoms with Gasteiger partial charge in [0, 0.05) is 30.7 Å². The third-order valence-corrected chi connectivity index (χ3v) is 4.77. The zero-order valence-electron chi connectivity index (χ0n) is 14.2. The molecule has 0 aliphatic heterocycles. The fourth-order valence-electron chi connectivity index (χ4n) is 2.63. The normalized spacial score (nSPS) is 11.0. The second-order valence-electron chi connectivity index (χ2n) is 5.74. The van der Waals surface area contributed by atoms with Gasteiger partial charge in [0.25, 0.3) is 0 Å².